The largest absolute Gasteiger partial charge is 0.493 e. The van der Waals surface area contributed by atoms with Gasteiger partial charge in [-0.1, -0.05) is 23.7 Å². The Hall–Kier alpha value is -2.44. The number of rotatable bonds is 7. The molecule has 6 nitrogen and oxygen atoms in total. The van der Waals surface area contributed by atoms with Crippen molar-refractivity contribution in [3.63, 3.8) is 0 Å². The molecule has 1 fully saturated rings. The molecule has 0 heterocycles. The standard InChI is InChI=1S/C20H22ClNO5/c1-25-16-8-12(9-17(26-2)18(16)27-3)13-10-20(13,11-23)19(24)22-15-7-5-4-6-14(15)21/h4-9,13,23H,10-11H2,1-3H3,(H,22,24)/t13-,20-/m0/s1. The van der Waals surface area contributed by atoms with Crippen LogP contribution in [0.25, 0.3) is 0 Å². The number of hydrogen-bond donors (Lipinski definition) is 2. The number of benzene rings is 2. The predicted octanol–water partition coefficient (Wildman–Crippen LogP) is 3.47. The molecule has 7 heteroatoms. The molecule has 0 spiro atoms. The molecule has 0 saturated heterocycles. The second-order valence-corrected chi connectivity index (χ2v) is 6.87. The van der Waals surface area contributed by atoms with Crippen molar-refractivity contribution in [3.8, 4) is 17.2 Å². The number of aliphatic hydroxyl groups is 1. The van der Waals surface area contributed by atoms with Gasteiger partial charge in [0.15, 0.2) is 11.5 Å². The second-order valence-electron chi connectivity index (χ2n) is 6.46. The maximum atomic E-state index is 12.9. The first-order valence-corrected chi connectivity index (χ1v) is 8.85. The van der Waals surface area contributed by atoms with Crippen molar-refractivity contribution in [3.05, 3.63) is 47.0 Å². The van der Waals surface area contributed by atoms with Crippen LogP contribution in [0.2, 0.25) is 5.02 Å². The lowest BCUT2D eigenvalue weighted by atomic mass is 9.98. The van der Waals surface area contributed by atoms with E-state index in [1.807, 2.05) is 12.1 Å². The summed E-state index contributed by atoms with van der Waals surface area (Å²) in [5.41, 5.74) is 0.449. The van der Waals surface area contributed by atoms with Crippen molar-refractivity contribution < 1.29 is 24.1 Å². The van der Waals surface area contributed by atoms with Crippen LogP contribution in [-0.2, 0) is 4.79 Å². The summed E-state index contributed by atoms with van der Waals surface area (Å²) in [5, 5.41) is 13.3. The summed E-state index contributed by atoms with van der Waals surface area (Å²) in [5.74, 6) is 1.07. The smallest absolute Gasteiger partial charge is 0.233 e. The first-order chi connectivity index (χ1) is 13.0. The molecule has 0 unspecified atom stereocenters. The van der Waals surface area contributed by atoms with E-state index in [4.69, 9.17) is 25.8 Å². The van der Waals surface area contributed by atoms with Gasteiger partial charge in [0.05, 0.1) is 44.1 Å². The van der Waals surface area contributed by atoms with Crippen molar-refractivity contribution in [2.24, 2.45) is 5.41 Å². The van der Waals surface area contributed by atoms with Crippen molar-refractivity contribution >= 4 is 23.2 Å². The van der Waals surface area contributed by atoms with Crippen LogP contribution >= 0.6 is 11.6 Å². The lowest BCUT2D eigenvalue weighted by molar-refractivity contribution is -0.122. The number of aliphatic hydroxyl groups excluding tert-OH is 1. The van der Waals surface area contributed by atoms with Crippen LogP contribution in [-0.4, -0.2) is 38.9 Å². The maximum absolute atomic E-state index is 12.9. The quantitative estimate of drug-likeness (QED) is 0.755. The van der Waals surface area contributed by atoms with Gasteiger partial charge in [-0.25, -0.2) is 0 Å². The number of anilines is 1. The number of carbonyl (C=O) groups excluding carboxylic acids is 1. The molecule has 1 amide bonds. The number of para-hydroxylation sites is 1. The van der Waals surface area contributed by atoms with Crippen molar-refractivity contribution in [1.82, 2.24) is 0 Å². The minimum atomic E-state index is -0.913. The number of nitrogens with one attached hydrogen (secondary N) is 1. The van der Waals surface area contributed by atoms with Gasteiger partial charge in [0, 0.05) is 5.92 Å². The van der Waals surface area contributed by atoms with E-state index in [-0.39, 0.29) is 18.4 Å². The van der Waals surface area contributed by atoms with E-state index in [0.717, 1.165) is 5.56 Å². The normalized spacial score (nSPS) is 20.7. The monoisotopic (exact) mass is 391 g/mol. The number of amides is 1. The predicted molar refractivity (Wildman–Crippen MR) is 103 cm³/mol. The summed E-state index contributed by atoms with van der Waals surface area (Å²) < 4.78 is 16.1. The first-order valence-electron chi connectivity index (χ1n) is 8.47. The van der Waals surface area contributed by atoms with Gasteiger partial charge in [-0.05, 0) is 36.2 Å². The minimum Gasteiger partial charge on any atom is -0.493 e. The molecule has 2 atom stereocenters. The number of ether oxygens (including phenoxy) is 3. The molecule has 2 aromatic rings. The molecule has 2 aromatic carbocycles. The SMILES string of the molecule is COc1cc([C@@H]2C[C@@]2(CO)C(=O)Nc2ccccc2Cl)cc(OC)c1OC. The highest BCUT2D eigenvalue weighted by Gasteiger charge is 2.60. The van der Waals surface area contributed by atoms with Crippen molar-refractivity contribution in [2.45, 2.75) is 12.3 Å². The fourth-order valence-electron chi connectivity index (χ4n) is 3.35. The topological polar surface area (TPSA) is 77.0 Å². The average molecular weight is 392 g/mol. The van der Waals surface area contributed by atoms with Crippen LogP contribution in [0.4, 0.5) is 5.69 Å². The highest BCUT2D eigenvalue weighted by molar-refractivity contribution is 6.33. The first kappa shape index (κ1) is 19.3. The van der Waals surface area contributed by atoms with Crippen LogP contribution in [0.1, 0.15) is 17.9 Å². The molecule has 0 radical (unpaired) electrons. The molecule has 0 bridgehead atoms. The third kappa shape index (κ3) is 3.42. The lowest BCUT2D eigenvalue weighted by Crippen LogP contribution is -2.29. The van der Waals surface area contributed by atoms with Crippen LogP contribution < -0.4 is 19.5 Å². The Morgan fingerprint density at radius 1 is 1.19 bits per heavy atom. The van der Waals surface area contributed by atoms with E-state index >= 15 is 0 Å². The molecule has 3 rings (SSSR count). The van der Waals surface area contributed by atoms with Gasteiger partial charge in [-0.2, -0.15) is 0 Å². The molecule has 2 N–H and O–H groups in total. The van der Waals surface area contributed by atoms with E-state index in [9.17, 15) is 9.90 Å². The Morgan fingerprint density at radius 2 is 1.81 bits per heavy atom. The van der Waals surface area contributed by atoms with Gasteiger partial charge in [0.1, 0.15) is 0 Å². The lowest BCUT2D eigenvalue weighted by Gasteiger charge is -2.18. The highest BCUT2D eigenvalue weighted by Crippen LogP contribution is 2.61. The molecule has 0 aromatic heterocycles. The molecule has 1 aliphatic carbocycles. The summed E-state index contributed by atoms with van der Waals surface area (Å²) in [6.45, 7) is -0.273. The van der Waals surface area contributed by atoms with E-state index in [1.54, 1.807) is 24.3 Å². The minimum absolute atomic E-state index is 0.168. The van der Waals surface area contributed by atoms with Crippen molar-refractivity contribution in [1.29, 1.82) is 0 Å². The number of hydrogen-bond acceptors (Lipinski definition) is 5. The molecule has 27 heavy (non-hydrogen) atoms. The summed E-state index contributed by atoms with van der Waals surface area (Å²) in [7, 11) is 4.61. The molecule has 0 aliphatic heterocycles. The summed E-state index contributed by atoms with van der Waals surface area (Å²) in [6, 6.07) is 10.6. The molecule has 1 aliphatic rings. The van der Waals surface area contributed by atoms with Gasteiger partial charge in [-0.15, -0.1) is 0 Å². The van der Waals surface area contributed by atoms with Gasteiger partial charge >= 0.3 is 0 Å². The number of methoxy groups -OCH3 is 3. The Bertz CT molecular complexity index is 831. The van der Waals surface area contributed by atoms with Gasteiger partial charge < -0.3 is 24.6 Å². The van der Waals surface area contributed by atoms with Crippen LogP contribution in [0, 0.1) is 5.41 Å². The molecular formula is C20H22ClNO5. The van der Waals surface area contributed by atoms with Crippen LogP contribution in [0.3, 0.4) is 0 Å². The molecule has 1 saturated carbocycles. The zero-order valence-electron chi connectivity index (χ0n) is 15.4. The zero-order chi connectivity index (χ0) is 19.6. The van der Waals surface area contributed by atoms with Gasteiger partial charge in [0.2, 0.25) is 11.7 Å². The highest BCUT2D eigenvalue weighted by atomic mass is 35.5. The fraction of sp³-hybridized carbons (Fsp3) is 0.350. The Morgan fingerprint density at radius 3 is 2.33 bits per heavy atom. The van der Waals surface area contributed by atoms with Gasteiger partial charge in [0.25, 0.3) is 0 Å². The van der Waals surface area contributed by atoms with E-state index < -0.39 is 5.41 Å². The number of carbonyl (C=O) groups is 1. The molecular weight excluding hydrogens is 370 g/mol. The Kier molecular flexibility index (Phi) is 5.48. The third-order valence-electron chi connectivity index (χ3n) is 5.02. The van der Waals surface area contributed by atoms with E-state index in [1.165, 1.54) is 21.3 Å². The van der Waals surface area contributed by atoms with E-state index in [2.05, 4.69) is 5.32 Å². The average Bonchev–Trinajstić information content (AvgIpc) is 3.44. The van der Waals surface area contributed by atoms with Crippen molar-refractivity contribution in [2.75, 3.05) is 33.3 Å². The molecule has 144 valence electrons. The summed E-state index contributed by atoms with van der Waals surface area (Å²) >= 11 is 6.12. The van der Waals surface area contributed by atoms with Gasteiger partial charge in [-0.3, -0.25) is 4.79 Å². The fourth-order valence-corrected chi connectivity index (χ4v) is 3.53. The number of halogens is 1. The Balaban J connectivity index is 1.89. The Labute approximate surface area is 163 Å². The second kappa shape index (κ2) is 7.66. The van der Waals surface area contributed by atoms with Crippen LogP contribution in [0.15, 0.2) is 36.4 Å². The third-order valence-corrected chi connectivity index (χ3v) is 5.35. The maximum Gasteiger partial charge on any atom is 0.233 e. The summed E-state index contributed by atoms with van der Waals surface area (Å²) in [4.78, 5) is 12.9. The summed E-state index contributed by atoms with van der Waals surface area (Å²) in [6.07, 6.45) is 0.512. The van der Waals surface area contributed by atoms with E-state index in [0.29, 0.717) is 34.4 Å². The zero-order valence-corrected chi connectivity index (χ0v) is 16.2. The van der Waals surface area contributed by atoms with Crippen LogP contribution in [0.5, 0.6) is 17.2 Å².